The van der Waals surface area contributed by atoms with E-state index in [1.807, 2.05) is 0 Å². The van der Waals surface area contributed by atoms with Gasteiger partial charge in [-0.15, -0.1) is 0 Å². The highest BCUT2D eigenvalue weighted by atomic mass is 16.3. The van der Waals surface area contributed by atoms with Crippen LogP contribution in [0.4, 0.5) is 5.69 Å². The molecule has 3 nitrogen and oxygen atoms in total. The van der Waals surface area contributed by atoms with Crippen molar-refractivity contribution in [1.82, 2.24) is 5.32 Å². The topological polar surface area (TPSA) is 35.5 Å². The van der Waals surface area contributed by atoms with Crippen LogP contribution in [0.5, 0.6) is 0 Å². The summed E-state index contributed by atoms with van der Waals surface area (Å²) >= 11 is 0. The number of aliphatic hydroxyl groups excluding tert-OH is 1. The molecule has 2 aliphatic rings. The van der Waals surface area contributed by atoms with Gasteiger partial charge < -0.3 is 15.3 Å². The Morgan fingerprint density at radius 1 is 1.21 bits per heavy atom. The van der Waals surface area contributed by atoms with Crippen LogP contribution >= 0.6 is 0 Å². The summed E-state index contributed by atoms with van der Waals surface area (Å²) in [4.78, 5) is 2.43. The first-order valence-electron chi connectivity index (χ1n) is 7.48. The number of nitrogens with one attached hydrogen (secondary N) is 1. The fourth-order valence-electron chi connectivity index (χ4n) is 2.81. The molecule has 0 amide bonds. The third-order valence-electron chi connectivity index (χ3n) is 4.20. The molecular weight excluding hydrogens is 236 g/mol. The Bertz CT molecular complexity index is 434. The molecule has 1 saturated carbocycles. The van der Waals surface area contributed by atoms with E-state index >= 15 is 0 Å². The third kappa shape index (κ3) is 3.28. The molecule has 2 fully saturated rings. The number of aryl methyl sites for hydroxylation is 1. The van der Waals surface area contributed by atoms with Crippen molar-refractivity contribution in [3.05, 3.63) is 29.3 Å². The molecular formula is C16H24N2O. The van der Waals surface area contributed by atoms with Crippen molar-refractivity contribution in [3.8, 4) is 0 Å². The second kappa shape index (κ2) is 5.51. The third-order valence-corrected chi connectivity index (χ3v) is 4.20. The van der Waals surface area contributed by atoms with Gasteiger partial charge in [0.1, 0.15) is 0 Å². The van der Waals surface area contributed by atoms with E-state index < -0.39 is 0 Å². The van der Waals surface area contributed by atoms with E-state index in [0.717, 1.165) is 38.5 Å². The first kappa shape index (κ1) is 12.9. The van der Waals surface area contributed by atoms with Crippen LogP contribution in [0.3, 0.4) is 0 Å². The molecule has 3 rings (SSSR count). The van der Waals surface area contributed by atoms with Crippen LogP contribution in [0.1, 0.15) is 36.8 Å². The Balaban J connectivity index is 1.74. The molecule has 0 spiro atoms. The number of nitrogens with zero attached hydrogens (tertiary/aromatic N) is 1. The van der Waals surface area contributed by atoms with Crippen molar-refractivity contribution in [2.75, 3.05) is 18.0 Å². The lowest BCUT2D eigenvalue weighted by molar-refractivity contribution is 0.145. The van der Waals surface area contributed by atoms with Crippen molar-refractivity contribution in [1.29, 1.82) is 0 Å². The number of anilines is 1. The zero-order valence-electron chi connectivity index (χ0n) is 11.7. The molecule has 1 aliphatic heterocycles. The first-order chi connectivity index (χ1) is 9.22. The molecule has 0 bridgehead atoms. The summed E-state index contributed by atoms with van der Waals surface area (Å²) in [6.07, 6.45) is 4.34. The van der Waals surface area contributed by atoms with E-state index in [-0.39, 0.29) is 6.10 Å². The Kier molecular flexibility index (Phi) is 3.76. The van der Waals surface area contributed by atoms with Gasteiger partial charge in [0.15, 0.2) is 0 Å². The molecule has 0 atom stereocenters. The zero-order chi connectivity index (χ0) is 13.2. The molecule has 1 aromatic rings. The van der Waals surface area contributed by atoms with E-state index in [4.69, 9.17) is 0 Å². The van der Waals surface area contributed by atoms with Gasteiger partial charge in [0.2, 0.25) is 0 Å². The first-order valence-corrected chi connectivity index (χ1v) is 7.48. The molecule has 1 aromatic carbocycles. The van der Waals surface area contributed by atoms with Crippen LogP contribution in [0.15, 0.2) is 18.2 Å². The fraction of sp³-hybridized carbons (Fsp3) is 0.625. The molecule has 1 saturated heterocycles. The van der Waals surface area contributed by atoms with Gasteiger partial charge in [0.05, 0.1) is 6.10 Å². The highest BCUT2D eigenvalue weighted by Gasteiger charge is 2.22. The summed E-state index contributed by atoms with van der Waals surface area (Å²) in [6, 6.07) is 7.49. The Labute approximate surface area is 115 Å². The fourth-order valence-corrected chi connectivity index (χ4v) is 2.81. The number of aliphatic hydroxyl groups is 1. The van der Waals surface area contributed by atoms with Gasteiger partial charge in [-0.3, -0.25) is 0 Å². The maximum absolute atomic E-state index is 9.63. The normalized spacial score (nSPS) is 20.8. The molecule has 3 heteroatoms. The van der Waals surface area contributed by atoms with E-state index in [2.05, 4.69) is 35.3 Å². The summed E-state index contributed by atoms with van der Waals surface area (Å²) in [5.41, 5.74) is 4.09. The minimum absolute atomic E-state index is 0.102. The van der Waals surface area contributed by atoms with Crippen molar-refractivity contribution >= 4 is 5.69 Å². The smallest absolute Gasteiger partial charge is 0.0574 e. The predicted octanol–water partition coefficient (Wildman–Crippen LogP) is 2.21. The Hall–Kier alpha value is -1.06. The minimum atomic E-state index is -0.102. The van der Waals surface area contributed by atoms with Crippen LogP contribution in [0.2, 0.25) is 0 Å². The van der Waals surface area contributed by atoms with Gasteiger partial charge in [-0.05, 0) is 44.2 Å². The van der Waals surface area contributed by atoms with E-state index in [1.54, 1.807) is 0 Å². The van der Waals surface area contributed by atoms with Gasteiger partial charge in [-0.25, -0.2) is 0 Å². The number of rotatable bonds is 4. The number of benzene rings is 1. The molecule has 2 N–H and O–H groups in total. The van der Waals surface area contributed by atoms with Crippen molar-refractivity contribution in [2.45, 2.75) is 51.3 Å². The molecule has 0 unspecified atom stereocenters. The largest absolute Gasteiger partial charge is 0.393 e. The number of hydrogen-bond acceptors (Lipinski definition) is 3. The van der Waals surface area contributed by atoms with Crippen LogP contribution in [-0.2, 0) is 6.54 Å². The van der Waals surface area contributed by atoms with Gasteiger partial charge >= 0.3 is 0 Å². The van der Waals surface area contributed by atoms with Crippen molar-refractivity contribution < 1.29 is 5.11 Å². The predicted molar refractivity (Wildman–Crippen MR) is 78.5 cm³/mol. The van der Waals surface area contributed by atoms with E-state index in [9.17, 15) is 5.11 Å². The lowest BCUT2D eigenvalue weighted by atomic mass is 10.0. The summed E-state index contributed by atoms with van der Waals surface area (Å²) < 4.78 is 0. The highest BCUT2D eigenvalue weighted by Crippen LogP contribution is 2.27. The molecule has 19 heavy (non-hydrogen) atoms. The second-order valence-electron chi connectivity index (χ2n) is 6.01. The SMILES string of the molecule is Cc1ccc(N2CCC(O)CC2)c(CNC2CC2)c1. The van der Waals surface area contributed by atoms with Crippen molar-refractivity contribution in [3.63, 3.8) is 0 Å². The number of piperidine rings is 1. The lowest BCUT2D eigenvalue weighted by Gasteiger charge is -2.33. The quantitative estimate of drug-likeness (QED) is 0.871. The summed E-state index contributed by atoms with van der Waals surface area (Å²) in [5.74, 6) is 0. The average molecular weight is 260 g/mol. The zero-order valence-corrected chi connectivity index (χ0v) is 11.7. The Morgan fingerprint density at radius 3 is 2.63 bits per heavy atom. The van der Waals surface area contributed by atoms with Crippen LogP contribution < -0.4 is 10.2 Å². The standard InChI is InChI=1S/C16H24N2O/c1-12-2-5-16(18-8-6-15(19)7-9-18)13(10-12)11-17-14-3-4-14/h2,5,10,14-15,17,19H,3-4,6-9,11H2,1H3. The molecule has 104 valence electrons. The lowest BCUT2D eigenvalue weighted by Crippen LogP contribution is -2.36. The maximum atomic E-state index is 9.63. The maximum Gasteiger partial charge on any atom is 0.0574 e. The van der Waals surface area contributed by atoms with Crippen molar-refractivity contribution in [2.24, 2.45) is 0 Å². The van der Waals surface area contributed by atoms with E-state index in [1.165, 1.54) is 29.7 Å². The van der Waals surface area contributed by atoms with Gasteiger partial charge in [0.25, 0.3) is 0 Å². The van der Waals surface area contributed by atoms with Gasteiger partial charge in [-0.2, -0.15) is 0 Å². The number of hydrogen-bond donors (Lipinski definition) is 2. The Morgan fingerprint density at radius 2 is 1.95 bits per heavy atom. The summed E-state index contributed by atoms with van der Waals surface area (Å²) in [6.45, 7) is 5.08. The molecule has 1 heterocycles. The molecule has 0 aromatic heterocycles. The summed E-state index contributed by atoms with van der Waals surface area (Å²) in [7, 11) is 0. The van der Waals surface area contributed by atoms with Crippen LogP contribution in [0, 0.1) is 6.92 Å². The molecule has 0 radical (unpaired) electrons. The van der Waals surface area contributed by atoms with Gasteiger partial charge in [-0.1, -0.05) is 17.7 Å². The van der Waals surface area contributed by atoms with Gasteiger partial charge in [0, 0.05) is 31.4 Å². The molecule has 1 aliphatic carbocycles. The summed E-state index contributed by atoms with van der Waals surface area (Å²) in [5, 5.41) is 13.2. The van der Waals surface area contributed by atoms with Crippen LogP contribution in [-0.4, -0.2) is 30.3 Å². The van der Waals surface area contributed by atoms with Crippen LogP contribution in [0.25, 0.3) is 0 Å². The minimum Gasteiger partial charge on any atom is -0.393 e. The monoisotopic (exact) mass is 260 g/mol. The highest BCUT2D eigenvalue weighted by molar-refractivity contribution is 5.55. The second-order valence-corrected chi connectivity index (χ2v) is 6.01. The average Bonchev–Trinajstić information content (AvgIpc) is 3.22. The van der Waals surface area contributed by atoms with E-state index in [0.29, 0.717) is 0 Å².